The number of hydrogen-bond acceptors (Lipinski definition) is 7. The first kappa shape index (κ1) is 28.6. The SMILES string of the molecule is CCc1c(F)ccc2cc(O)cc(-c3ccc4c(N5CCC[C@@](C)(O)C5)nc(OCC5(CN(C)C)CC5)nc4c3F)c12. The number of aryl methyl sites for hydroxylation is 1. The molecule has 222 valence electrons. The molecule has 0 spiro atoms. The monoisotopic (exact) mass is 576 g/mol. The van der Waals surface area contributed by atoms with E-state index in [1.165, 1.54) is 12.1 Å². The Morgan fingerprint density at radius 3 is 2.52 bits per heavy atom. The Morgan fingerprint density at radius 2 is 1.83 bits per heavy atom. The molecule has 2 N–H and O–H groups in total. The summed E-state index contributed by atoms with van der Waals surface area (Å²) in [6.45, 7) is 5.96. The van der Waals surface area contributed by atoms with Crippen molar-refractivity contribution in [1.29, 1.82) is 0 Å². The van der Waals surface area contributed by atoms with Crippen molar-refractivity contribution in [2.75, 3.05) is 45.2 Å². The molecule has 1 aliphatic heterocycles. The number of nitrogens with zero attached hydrogens (tertiary/aromatic N) is 4. The van der Waals surface area contributed by atoms with E-state index in [1.807, 2.05) is 25.9 Å². The Bertz CT molecular complexity index is 1670. The fourth-order valence-corrected chi connectivity index (χ4v) is 6.51. The minimum absolute atomic E-state index is 0.0261. The van der Waals surface area contributed by atoms with Crippen molar-refractivity contribution in [3.05, 3.63) is 53.6 Å². The van der Waals surface area contributed by atoms with Crippen LogP contribution in [-0.2, 0) is 6.42 Å². The molecule has 3 aromatic carbocycles. The maximum atomic E-state index is 16.7. The first-order chi connectivity index (χ1) is 20.0. The highest BCUT2D eigenvalue weighted by molar-refractivity contribution is 6.03. The summed E-state index contributed by atoms with van der Waals surface area (Å²) in [6, 6.07) is 9.51. The number of benzene rings is 3. The van der Waals surface area contributed by atoms with Crippen LogP contribution in [0.5, 0.6) is 11.8 Å². The zero-order valence-corrected chi connectivity index (χ0v) is 24.7. The van der Waals surface area contributed by atoms with Gasteiger partial charge in [0.25, 0.3) is 0 Å². The topological polar surface area (TPSA) is 82.0 Å². The number of anilines is 1. The number of ether oxygens (including phenoxy) is 1. The second kappa shape index (κ2) is 10.6. The number of phenols is 1. The molecule has 42 heavy (non-hydrogen) atoms. The van der Waals surface area contributed by atoms with Crippen LogP contribution in [0, 0.1) is 17.0 Å². The molecule has 1 aromatic heterocycles. The summed E-state index contributed by atoms with van der Waals surface area (Å²) >= 11 is 0. The Hall–Kier alpha value is -3.56. The van der Waals surface area contributed by atoms with Gasteiger partial charge in [-0.05, 0) is 99.3 Å². The van der Waals surface area contributed by atoms with E-state index >= 15 is 4.39 Å². The van der Waals surface area contributed by atoms with Crippen LogP contribution in [0.3, 0.4) is 0 Å². The molecule has 6 rings (SSSR count). The average molecular weight is 577 g/mol. The van der Waals surface area contributed by atoms with E-state index in [4.69, 9.17) is 9.72 Å². The Morgan fingerprint density at radius 1 is 1.05 bits per heavy atom. The van der Waals surface area contributed by atoms with Crippen molar-refractivity contribution in [1.82, 2.24) is 14.9 Å². The van der Waals surface area contributed by atoms with E-state index < -0.39 is 11.4 Å². The summed E-state index contributed by atoms with van der Waals surface area (Å²) in [5.41, 5.74) is 0.267. The summed E-state index contributed by atoms with van der Waals surface area (Å²) in [6.07, 6.45) is 3.92. The zero-order valence-electron chi connectivity index (χ0n) is 24.7. The molecule has 2 fully saturated rings. The summed E-state index contributed by atoms with van der Waals surface area (Å²) in [5, 5.41) is 23.1. The van der Waals surface area contributed by atoms with Gasteiger partial charge in [-0.15, -0.1) is 0 Å². The number of aromatic hydroxyl groups is 1. The van der Waals surface area contributed by atoms with Gasteiger partial charge in [0.2, 0.25) is 0 Å². The predicted molar refractivity (Wildman–Crippen MR) is 161 cm³/mol. The number of piperidine rings is 1. The molecule has 1 saturated carbocycles. The molecule has 1 saturated heterocycles. The number of β-amino-alcohol motifs (C(OH)–C–C–N with tert-alkyl or cyclic N) is 1. The number of phenolic OH excluding ortho intramolecular Hbond substituents is 1. The van der Waals surface area contributed by atoms with Gasteiger partial charge in [0.05, 0.1) is 12.2 Å². The normalized spacial score (nSPS) is 20.0. The lowest BCUT2D eigenvalue weighted by molar-refractivity contribution is 0.0447. The van der Waals surface area contributed by atoms with Gasteiger partial charge >= 0.3 is 6.01 Å². The third-order valence-corrected chi connectivity index (χ3v) is 8.65. The highest BCUT2D eigenvalue weighted by atomic mass is 19.1. The molecule has 1 aliphatic carbocycles. The maximum Gasteiger partial charge on any atom is 0.319 e. The summed E-state index contributed by atoms with van der Waals surface area (Å²) in [7, 11) is 4.06. The fourth-order valence-electron chi connectivity index (χ4n) is 6.51. The van der Waals surface area contributed by atoms with Crippen molar-refractivity contribution in [3.63, 3.8) is 0 Å². The number of aromatic nitrogens is 2. The van der Waals surface area contributed by atoms with E-state index in [0.717, 1.165) is 25.8 Å². The average Bonchev–Trinajstić information content (AvgIpc) is 3.70. The highest BCUT2D eigenvalue weighted by Crippen LogP contribution is 2.46. The van der Waals surface area contributed by atoms with Gasteiger partial charge in [0, 0.05) is 36.0 Å². The number of halogens is 2. The summed E-state index contributed by atoms with van der Waals surface area (Å²) in [4.78, 5) is 13.4. The molecular formula is C33H38F2N4O3. The number of aliphatic hydroxyl groups is 1. The van der Waals surface area contributed by atoms with Crippen LogP contribution < -0.4 is 9.64 Å². The quantitative estimate of drug-likeness (QED) is 0.264. The molecule has 0 unspecified atom stereocenters. The first-order valence-electron chi connectivity index (χ1n) is 14.7. The Labute approximate surface area is 244 Å². The third-order valence-electron chi connectivity index (χ3n) is 8.65. The van der Waals surface area contributed by atoms with E-state index in [1.54, 1.807) is 31.2 Å². The molecule has 2 aliphatic rings. The van der Waals surface area contributed by atoms with Gasteiger partial charge in [-0.25, -0.2) is 8.78 Å². The highest BCUT2D eigenvalue weighted by Gasteiger charge is 2.44. The zero-order chi connectivity index (χ0) is 29.8. The second-order valence-electron chi connectivity index (χ2n) is 12.7. The largest absolute Gasteiger partial charge is 0.508 e. The van der Waals surface area contributed by atoms with Gasteiger partial charge < -0.3 is 24.7 Å². The van der Waals surface area contributed by atoms with Gasteiger partial charge in [-0.3, -0.25) is 0 Å². The summed E-state index contributed by atoms with van der Waals surface area (Å²) in [5.74, 6) is -0.497. The molecule has 0 radical (unpaired) electrons. The molecule has 0 bridgehead atoms. The van der Waals surface area contributed by atoms with Crippen molar-refractivity contribution < 1.29 is 23.7 Å². The number of hydrogen-bond donors (Lipinski definition) is 2. The molecule has 9 heteroatoms. The smallest absolute Gasteiger partial charge is 0.319 e. The van der Waals surface area contributed by atoms with E-state index in [-0.39, 0.29) is 34.1 Å². The van der Waals surface area contributed by atoms with Gasteiger partial charge in [0.15, 0.2) is 5.82 Å². The van der Waals surface area contributed by atoms with Crippen LogP contribution in [0.1, 0.15) is 45.1 Å². The van der Waals surface area contributed by atoms with Crippen molar-refractivity contribution in [2.24, 2.45) is 5.41 Å². The molecule has 4 aromatic rings. The van der Waals surface area contributed by atoms with E-state index in [0.29, 0.717) is 65.6 Å². The minimum Gasteiger partial charge on any atom is -0.508 e. The Balaban J connectivity index is 1.52. The van der Waals surface area contributed by atoms with Gasteiger partial charge in [0.1, 0.15) is 22.9 Å². The molecular weight excluding hydrogens is 538 g/mol. The van der Waals surface area contributed by atoms with Crippen LogP contribution in [0.25, 0.3) is 32.8 Å². The number of fused-ring (bicyclic) bond motifs is 2. The first-order valence-corrected chi connectivity index (χ1v) is 14.7. The van der Waals surface area contributed by atoms with Crippen LogP contribution >= 0.6 is 0 Å². The second-order valence-corrected chi connectivity index (χ2v) is 12.7. The van der Waals surface area contributed by atoms with Crippen molar-refractivity contribution in [2.45, 2.75) is 51.6 Å². The maximum absolute atomic E-state index is 16.7. The Kier molecular flexibility index (Phi) is 7.22. The van der Waals surface area contributed by atoms with Crippen molar-refractivity contribution in [3.8, 4) is 22.9 Å². The van der Waals surface area contributed by atoms with Crippen LogP contribution in [-0.4, -0.2) is 71.0 Å². The molecule has 0 amide bonds. The lowest BCUT2D eigenvalue weighted by atomic mass is 9.92. The molecule has 7 nitrogen and oxygen atoms in total. The minimum atomic E-state index is -0.903. The van der Waals surface area contributed by atoms with Crippen LogP contribution in [0.15, 0.2) is 36.4 Å². The summed E-state index contributed by atoms with van der Waals surface area (Å²) < 4.78 is 37.8. The van der Waals surface area contributed by atoms with E-state index in [9.17, 15) is 14.6 Å². The molecule has 1 atom stereocenters. The van der Waals surface area contributed by atoms with Crippen molar-refractivity contribution >= 4 is 27.5 Å². The van der Waals surface area contributed by atoms with Gasteiger partial charge in [-0.1, -0.05) is 19.1 Å². The standard InChI is InChI=1S/C33H38F2N4O3/c1-5-22-26(34)10-7-20-15-21(40)16-25(27(20)22)23-8-9-24-29(28(23)35)36-31(42-19-33(12-13-33)18-38(3)4)37-30(24)39-14-6-11-32(2,41)17-39/h7-10,15-16,40-41H,5-6,11-14,17-19H2,1-4H3/t32-/m1/s1. The predicted octanol–water partition coefficient (Wildman–Crippen LogP) is 6.07. The molecule has 2 heterocycles. The fraction of sp³-hybridized carbons (Fsp3) is 0.455. The lowest BCUT2D eigenvalue weighted by Crippen LogP contribution is -2.46. The van der Waals surface area contributed by atoms with Crippen LogP contribution in [0.4, 0.5) is 14.6 Å². The third kappa shape index (κ3) is 5.36. The van der Waals surface area contributed by atoms with E-state index in [2.05, 4.69) is 9.88 Å². The van der Waals surface area contributed by atoms with Gasteiger partial charge in [-0.2, -0.15) is 9.97 Å². The lowest BCUT2D eigenvalue weighted by Gasteiger charge is -2.38. The number of rotatable bonds is 8. The van der Waals surface area contributed by atoms with Crippen LogP contribution in [0.2, 0.25) is 0 Å².